The molecule has 6 nitrogen and oxygen atoms in total. The van der Waals surface area contributed by atoms with Crippen LogP contribution in [-0.2, 0) is 0 Å². The second kappa shape index (κ2) is 16.8. The van der Waals surface area contributed by atoms with Gasteiger partial charge < -0.3 is 30.6 Å². The van der Waals surface area contributed by atoms with E-state index in [4.69, 9.17) is 0 Å². The molecule has 0 radical (unpaired) electrons. The Bertz CT molecular complexity index is 1900. The lowest BCUT2D eigenvalue weighted by molar-refractivity contribution is 0.00832. The highest BCUT2D eigenvalue weighted by Gasteiger charge is 2.51. The van der Waals surface area contributed by atoms with Crippen LogP contribution in [0.1, 0.15) is 157 Å². The number of hydrogen-bond acceptors (Lipinski definition) is 6. The van der Waals surface area contributed by atoms with Gasteiger partial charge in [0.1, 0.15) is 5.75 Å². The van der Waals surface area contributed by atoms with Gasteiger partial charge in [-0.3, -0.25) is 0 Å². The highest BCUT2D eigenvalue weighted by molar-refractivity contribution is 5.37. The smallest absolute Gasteiger partial charge is 0.200 e. The van der Waals surface area contributed by atoms with Gasteiger partial charge in [0.2, 0.25) is 11.6 Å². The van der Waals surface area contributed by atoms with Gasteiger partial charge in [-0.25, -0.2) is 8.78 Å². The molecule has 0 aliphatic heterocycles. The van der Waals surface area contributed by atoms with Crippen LogP contribution in [-0.4, -0.2) is 49.0 Å². The first-order chi connectivity index (χ1) is 27.9. The molecule has 0 amide bonds. The number of phenols is 3. The summed E-state index contributed by atoms with van der Waals surface area (Å²) in [5.41, 5.74) is 3.34. The van der Waals surface area contributed by atoms with E-state index in [2.05, 4.69) is 33.8 Å². The van der Waals surface area contributed by atoms with Gasteiger partial charge >= 0.3 is 0 Å². The second-order valence-corrected chi connectivity index (χ2v) is 19.9. The Morgan fingerprint density at radius 1 is 0.458 bits per heavy atom. The molecule has 0 spiro atoms. The van der Waals surface area contributed by atoms with E-state index in [1.54, 1.807) is 6.07 Å². The Labute approximate surface area is 346 Å². The minimum atomic E-state index is -1.15. The summed E-state index contributed by atoms with van der Waals surface area (Å²) in [7, 11) is 0. The van der Waals surface area contributed by atoms with Crippen molar-refractivity contribution in [2.45, 2.75) is 160 Å². The molecule has 6 aliphatic carbocycles. The fourth-order valence-electron chi connectivity index (χ4n) is 12.7. The molecule has 6 saturated carbocycles. The van der Waals surface area contributed by atoms with E-state index in [1.165, 1.54) is 48.2 Å². The van der Waals surface area contributed by atoms with Crippen molar-refractivity contribution in [1.82, 2.24) is 0 Å². The number of aromatic hydroxyl groups is 3. The summed E-state index contributed by atoms with van der Waals surface area (Å²) in [6, 6.07) is 11.2. The first kappa shape index (κ1) is 43.7. The van der Waals surface area contributed by atoms with Crippen LogP contribution < -0.4 is 0 Å². The molecule has 6 N–H and O–H groups in total. The van der Waals surface area contributed by atoms with E-state index >= 15 is 0 Å². The van der Waals surface area contributed by atoms with E-state index in [0.717, 1.165) is 83.5 Å². The van der Waals surface area contributed by atoms with Gasteiger partial charge in [-0.05, 0) is 202 Å². The standard InChI is InChI=1S/C17H24O2.2C16H20F2O2/c1-11-9-14(18)4-5-15(11)12-7-8-17(2)13(10-12)3-6-16(17)19;2*1-16-7-6-9(8-10(16)2-5-13(16)20)11-3-4-12(19)15(18)14(11)17/h4-5,9,12-13,16,18-19H,3,6-8,10H2,1-2H3;2*3-4,9-10,13,19-20H,2,5-8H2,1H3/t12-,13+,16+,17+;9-,10+,13+,16+;9-,10-,13-,16-/m110/s1. The minimum Gasteiger partial charge on any atom is -0.508 e. The lowest BCUT2D eigenvalue weighted by Gasteiger charge is -2.42. The van der Waals surface area contributed by atoms with Crippen molar-refractivity contribution >= 4 is 0 Å². The van der Waals surface area contributed by atoms with Gasteiger partial charge in [0.15, 0.2) is 23.1 Å². The molecular formula is C49H64F4O6. The number of hydrogen-bond donors (Lipinski definition) is 6. The molecule has 0 unspecified atom stereocenters. The zero-order chi connectivity index (χ0) is 42.6. The van der Waals surface area contributed by atoms with Crippen molar-refractivity contribution in [1.29, 1.82) is 0 Å². The summed E-state index contributed by atoms with van der Waals surface area (Å²) in [6.45, 7) is 8.58. The first-order valence-corrected chi connectivity index (χ1v) is 22.0. The van der Waals surface area contributed by atoms with E-state index in [9.17, 15) is 48.2 Å². The third-order valence-electron chi connectivity index (χ3n) is 17.0. The normalized spacial score (nSPS) is 37.3. The molecule has 3 aromatic carbocycles. The maximum atomic E-state index is 14.0. The van der Waals surface area contributed by atoms with Crippen molar-refractivity contribution in [3.63, 3.8) is 0 Å². The van der Waals surface area contributed by atoms with Crippen LogP contribution >= 0.6 is 0 Å². The monoisotopic (exact) mass is 824 g/mol. The number of aliphatic hydroxyl groups is 3. The molecule has 0 aromatic heterocycles. The fourth-order valence-corrected chi connectivity index (χ4v) is 12.7. The molecule has 12 atom stereocenters. The Kier molecular flexibility index (Phi) is 12.5. The minimum absolute atomic E-state index is 0.0199. The molecule has 0 heterocycles. The Morgan fingerprint density at radius 3 is 1.15 bits per heavy atom. The number of benzene rings is 3. The van der Waals surface area contributed by atoms with Crippen LogP contribution in [0.15, 0.2) is 42.5 Å². The topological polar surface area (TPSA) is 121 Å². The van der Waals surface area contributed by atoms with Crippen LogP contribution in [0.4, 0.5) is 17.6 Å². The van der Waals surface area contributed by atoms with Crippen LogP contribution in [0.3, 0.4) is 0 Å². The van der Waals surface area contributed by atoms with Crippen LogP contribution in [0.5, 0.6) is 17.2 Å². The Morgan fingerprint density at radius 2 is 0.797 bits per heavy atom. The molecule has 6 aliphatic rings. The Balaban J connectivity index is 0.000000134. The number of phenolic OH excluding ortho intramolecular Hbond substituents is 3. The summed E-state index contributed by atoms with van der Waals surface area (Å²) in [5.74, 6) is -3.09. The maximum Gasteiger partial charge on any atom is 0.200 e. The zero-order valence-corrected chi connectivity index (χ0v) is 35.0. The van der Waals surface area contributed by atoms with Crippen LogP contribution in [0.2, 0.25) is 0 Å². The number of aryl methyl sites for hydroxylation is 1. The Hall–Kier alpha value is -3.34. The third kappa shape index (κ3) is 8.12. The molecule has 10 heteroatoms. The molecule has 3 aromatic rings. The summed E-state index contributed by atoms with van der Waals surface area (Å²) in [5, 5.41) is 58.3. The summed E-state index contributed by atoms with van der Waals surface area (Å²) in [6.07, 6.45) is 13.3. The highest BCUT2D eigenvalue weighted by Crippen LogP contribution is 2.58. The number of halogens is 4. The van der Waals surface area contributed by atoms with E-state index in [-0.39, 0.29) is 46.4 Å². The van der Waals surface area contributed by atoms with Crippen molar-refractivity contribution in [3.05, 3.63) is 88.0 Å². The van der Waals surface area contributed by atoms with Gasteiger partial charge in [-0.2, -0.15) is 8.78 Å². The number of fused-ring (bicyclic) bond motifs is 3. The maximum absolute atomic E-state index is 14.0. The van der Waals surface area contributed by atoms with Crippen molar-refractivity contribution in [3.8, 4) is 17.2 Å². The van der Waals surface area contributed by atoms with Gasteiger partial charge in [-0.15, -0.1) is 0 Å². The quantitative estimate of drug-likeness (QED) is 0.146. The van der Waals surface area contributed by atoms with Gasteiger partial charge in [-0.1, -0.05) is 39.0 Å². The zero-order valence-electron chi connectivity index (χ0n) is 35.0. The predicted molar refractivity (Wildman–Crippen MR) is 219 cm³/mol. The molecule has 6 fully saturated rings. The number of aliphatic hydroxyl groups excluding tert-OH is 3. The predicted octanol–water partition coefficient (Wildman–Crippen LogP) is 11.2. The summed E-state index contributed by atoms with van der Waals surface area (Å²) < 4.78 is 54.9. The molecule has 59 heavy (non-hydrogen) atoms. The lowest BCUT2D eigenvalue weighted by atomic mass is 9.64. The molecule has 0 bridgehead atoms. The highest BCUT2D eigenvalue weighted by atomic mass is 19.2. The fraction of sp³-hybridized carbons (Fsp3) is 0.633. The summed E-state index contributed by atoms with van der Waals surface area (Å²) in [4.78, 5) is 0. The molecule has 324 valence electrons. The number of rotatable bonds is 3. The van der Waals surface area contributed by atoms with Crippen LogP contribution in [0, 0.1) is 64.2 Å². The summed E-state index contributed by atoms with van der Waals surface area (Å²) >= 11 is 0. The average molecular weight is 825 g/mol. The molecule has 0 saturated heterocycles. The average Bonchev–Trinajstić information content (AvgIpc) is 3.80. The lowest BCUT2D eigenvalue weighted by Crippen LogP contribution is -2.37. The van der Waals surface area contributed by atoms with Crippen molar-refractivity contribution < 1.29 is 48.2 Å². The van der Waals surface area contributed by atoms with E-state index in [0.29, 0.717) is 40.5 Å². The molecular weight excluding hydrogens is 761 g/mol. The SMILES string of the molecule is C[C@]12CC[C@@H](c3ccc(O)c(F)c3F)C[C@@H]1CC[C@@H]2O.C[C@]12CC[C@H](c3ccc(O)c(F)c3F)C[C@@H]1CC[C@@H]2O.Cc1cc(O)ccc1[C@@H]1CC[C@@]2(C)[C@@H](CC[C@@H]2O)C1. The van der Waals surface area contributed by atoms with Gasteiger partial charge in [0, 0.05) is 0 Å². The second-order valence-electron chi connectivity index (χ2n) is 19.9. The van der Waals surface area contributed by atoms with Crippen LogP contribution in [0.25, 0.3) is 0 Å². The molecule has 9 rings (SSSR count). The van der Waals surface area contributed by atoms with E-state index in [1.807, 2.05) is 6.07 Å². The third-order valence-corrected chi connectivity index (χ3v) is 17.0. The largest absolute Gasteiger partial charge is 0.508 e. The van der Waals surface area contributed by atoms with Crippen molar-refractivity contribution in [2.75, 3.05) is 0 Å². The van der Waals surface area contributed by atoms with E-state index < -0.39 is 34.8 Å². The first-order valence-electron chi connectivity index (χ1n) is 22.0. The van der Waals surface area contributed by atoms with Crippen molar-refractivity contribution in [2.24, 2.45) is 34.0 Å². The van der Waals surface area contributed by atoms with Gasteiger partial charge in [0.25, 0.3) is 0 Å². The van der Waals surface area contributed by atoms with Gasteiger partial charge in [0.05, 0.1) is 18.3 Å².